The SMILES string of the molecule is COC(=O)C/N=C/C(C)C. The topological polar surface area (TPSA) is 38.7 Å². The van der Waals surface area contributed by atoms with Crippen LogP contribution < -0.4 is 0 Å². The zero-order chi connectivity index (χ0) is 7.98. The lowest BCUT2D eigenvalue weighted by Crippen LogP contribution is -2.04. The van der Waals surface area contributed by atoms with Gasteiger partial charge in [-0.15, -0.1) is 0 Å². The quantitative estimate of drug-likeness (QED) is 0.434. The Hall–Kier alpha value is -0.860. The molecule has 58 valence electrons. The van der Waals surface area contributed by atoms with E-state index in [4.69, 9.17) is 0 Å². The van der Waals surface area contributed by atoms with Gasteiger partial charge in [0.1, 0.15) is 6.54 Å². The Morgan fingerprint density at radius 3 is 2.70 bits per heavy atom. The molecule has 0 aromatic rings. The van der Waals surface area contributed by atoms with Gasteiger partial charge in [-0.05, 0) is 5.92 Å². The van der Waals surface area contributed by atoms with Gasteiger partial charge in [0.05, 0.1) is 7.11 Å². The van der Waals surface area contributed by atoms with Crippen LogP contribution in [0.1, 0.15) is 13.8 Å². The minimum absolute atomic E-state index is 0.134. The normalized spacial score (nSPS) is 10.8. The average molecular weight is 143 g/mol. The molecule has 0 rings (SSSR count). The van der Waals surface area contributed by atoms with Crippen molar-refractivity contribution >= 4 is 12.2 Å². The smallest absolute Gasteiger partial charge is 0.327 e. The zero-order valence-electron chi connectivity index (χ0n) is 6.63. The van der Waals surface area contributed by atoms with Crippen LogP contribution in [0.25, 0.3) is 0 Å². The van der Waals surface area contributed by atoms with Crippen LogP contribution in [0, 0.1) is 5.92 Å². The Kier molecular flexibility index (Phi) is 4.54. The predicted molar refractivity (Wildman–Crippen MR) is 40.2 cm³/mol. The second kappa shape index (κ2) is 4.97. The molecule has 10 heavy (non-hydrogen) atoms. The molecule has 0 amide bonds. The van der Waals surface area contributed by atoms with Gasteiger partial charge in [0, 0.05) is 6.21 Å². The number of hydrogen-bond acceptors (Lipinski definition) is 3. The molecule has 0 fully saturated rings. The van der Waals surface area contributed by atoms with E-state index in [0.29, 0.717) is 5.92 Å². The van der Waals surface area contributed by atoms with Crippen molar-refractivity contribution < 1.29 is 9.53 Å². The fourth-order valence-corrected chi connectivity index (χ4v) is 0.403. The van der Waals surface area contributed by atoms with E-state index in [1.807, 2.05) is 13.8 Å². The van der Waals surface area contributed by atoms with E-state index in [-0.39, 0.29) is 12.5 Å². The van der Waals surface area contributed by atoms with Gasteiger partial charge in [-0.3, -0.25) is 9.79 Å². The van der Waals surface area contributed by atoms with Gasteiger partial charge in [0.2, 0.25) is 0 Å². The van der Waals surface area contributed by atoms with Crippen molar-refractivity contribution in [3.8, 4) is 0 Å². The fraction of sp³-hybridized carbons (Fsp3) is 0.714. The largest absolute Gasteiger partial charge is 0.468 e. The molecule has 0 heterocycles. The minimum Gasteiger partial charge on any atom is -0.468 e. The van der Waals surface area contributed by atoms with E-state index in [1.165, 1.54) is 7.11 Å². The highest BCUT2D eigenvalue weighted by atomic mass is 16.5. The molecule has 0 saturated carbocycles. The fourth-order valence-electron chi connectivity index (χ4n) is 0.403. The van der Waals surface area contributed by atoms with Crippen LogP contribution in [0.5, 0.6) is 0 Å². The summed E-state index contributed by atoms with van der Waals surface area (Å²) >= 11 is 0. The van der Waals surface area contributed by atoms with Crippen LogP contribution in [0.2, 0.25) is 0 Å². The maximum Gasteiger partial charge on any atom is 0.327 e. The van der Waals surface area contributed by atoms with Crippen molar-refractivity contribution in [1.82, 2.24) is 0 Å². The summed E-state index contributed by atoms with van der Waals surface area (Å²) in [5, 5.41) is 0. The molecule has 0 atom stereocenters. The number of esters is 1. The molecular formula is C7H13NO2. The molecule has 0 N–H and O–H groups in total. The summed E-state index contributed by atoms with van der Waals surface area (Å²) in [5.41, 5.74) is 0. The van der Waals surface area contributed by atoms with E-state index in [1.54, 1.807) is 6.21 Å². The molecule has 0 radical (unpaired) electrons. The van der Waals surface area contributed by atoms with Crippen molar-refractivity contribution in [1.29, 1.82) is 0 Å². The molecule has 0 aromatic heterocycles. The molecule has 0 aliphatic carbocycles. The van der Waals surface area contributed by atoms with Gasteiger partial charge >= 0.3 is 5.97 Å². The summed E-state index contributed by atoms with van der Waals surface area (Å²) in [6, 6.07) is 0. The van der Waals surface area contributed by atoms with Crippen LogP contribution in [0.4, 0.5) is 0 Å². The Balaban J connectivity index is 3.43. The third-order valence-corrected chi connectivity index (χ3v) is 0.852. The number of aliphatic imine (C=N–C) groups is 1. The monoisotopic (exact) mass is 143 g/mol. The second-order valence-electron chi connectivity index (χ2n) is 2.31. The van der Waals surface area contributed by atoms with E-state index in [9.17, 15) is 4.79 Å². The van der Waals surface area contributed by atoms with Crippen LogP contribution in [-0.4, -0.2) is 25.8 Å². The molecule has 0 aromatic carbocycles. The van der Waals surface area contributed by atoms with Gasteiger partial charge in [-0.25, -0.2) is 0 Å². The highest BCUT2D eigenvalue weighted by Crippen LogP contribution is 1.85. The third-order valence-electron chi connectivity index (χ3n) is 0.852. The van der Waals surface area contributed by atoms with Gasteiger partial charge in [-0.2, -0.15) is 0 Å². The number of hydrogen-bond donors (Lipinski definition) is 0. The Labute approximate surface area is 61.1 Å². The molecule has 0 aliphatic heterocycles. The molecule has 0 unspecified atom stereocenters. The maximum atomic E-state index is 10.5. The highest BCUT2D eigenvalue weighted by molar-refractivity contribution is 5.74. The lowest BCUT2D eigenvalue weighted by molar-refractivity contribution is -0.138. The first-order chi connectivity index (χ1) is 4.66. The first-order valence-corrected chi connectivity index (χ1v) is 3.23. The van der Waals surface area contributed by atoms with Crippen LogP contribution in [0.15, 0.2) is 4.99 Å². The number of rotatable bonds is 3. The van der Waals surface area contributed by atoms with Gasteiger partial charge < -0.3 is 4.74 Å². The van der Waals surface area contributed by atoms with Crippen LogP contribution in [-0.2, 0) is 9.53 Å². The lowest BCUT2D eigenvalue weighted by atomic mass is 10.2. The number of methoxy groups -OCH3 is 1. The molecule has 3 heteroatoms. The van der Waals surface area contributed by atoms with Crippen molar-refractivity contribution in [2.24, 2.45) is 10.9 Å². The van der Waals surface area contributed by atoms with Crippen LogP contribution in [0.3, 0.4) is 0 Å². The zero-order valence-corrected chi connectivity index (χ0v) is 6.63. The van der Waals surface area contributed by atoms with Gasteiger partial charge in [0.25, 0.3) is 0 Å². The lowest BCUT2D eigenvalue weighted by Gasteiger charge is -1.93. The molecule has 0 aliphatic rings. The summed E-state index contributed by atoms with van der Waals surface area (Å²) < 4.78 is 4.38. The first-order valence-electron chi connectivity index (χ1n) is 3.23. The second-order valence-corrected chi connectivity index (χ2v) is 2.31. The maximum absolute atomic E-state index is 10.5. The Morgan fingerprint density at radius 2 is 2.30 bits per heavy atom. The van der Waals surface area contributed by atoms with Crippen molar-refractivity contribution in [2.45, 2.75) is 13.8 Å². The number of ether oxygens (including phenoxy) is 1. The van der Waals surface area contributed by atoms with E-state index < -0.39 is 0 Å². The van der Waals surface area contributed by atoms with Gasteiger partial charge in [-0.1, -0.05) is 13.8 Å². The molecule has 0 spiro atoms. The van der Waals surface area contributed by atoms with E-state index in [0.717, 1.165) is 0 Å². The van der Waals surface area contributed by atoms with E-state index in [2.05, 4.69) is 9.73 Å². The highest BCUT2D eigenvalue weighted by Gasteiger charge is 1.94. The molecular weight excluding hydrogens is 130 g/mol. The summed E-state index contributed by atoms with van der Waals surface area (Å²) in [6.07, 6.45) is 1.73. The predicted octanol–water partition coefficient (Wildman–Crippen LogP) is 0.886. The standard InChI is InChI=1S/C7H13NO2/c1-6(2)4-8-5-7(9)10-3/h4,6H,5H2,1-3H3/b8-4+. The molecule has 0 bridgehead atoms. The summed E-state index contributed by atoms with van der Waals surface area (Å²) in [4.78, 5) is 14.3. The summed E-state index contributed by atoms with van der Waals surface area (Å²) in [7, 11) is 1.35. The van der Waals surface area contributed by atoms with E-state index >= 15 is 0 Å². The minimum atomic E-state index is -0.295. The first kappa shape index (κ1) is 9.14. The van der Waals surface area contributed by atoms with Crippen molar-refractivity contribution in [3.05, 3.63) is 0 Å². The third kappa shape index (κ3) is 5.28. The number of carbonyl (C=O) groups excluding carboxylic acids is 1. The van der Waals surface area contributed by atoms with Gasteiger partial charge in [0.15, 0.2) is 0 Å². The summed E-state index contributed by atoms with van der Waals surface area (Å²) in [5.74, 6) is 0.0987. The average Bonchev–Trinajstić information content (AvgIpc) is 1.87. The Bertz CT molecular complexity index is 130. The van der Waals surface area contributed by atoms with Crippen LogP contribution >= 0.6 is 0 Å². The van der Waals surface area contributed by atoms with Crippen molar-refractivity contribution in [2.75, 3.05) is 13.7 Å². The molecule has 0 saturated heterocycles. The molecule has 3 nitrogen and oxygen atoms in total. The number of nitrogens with zero attached hydrogens (tertiary/aromatic N) is 1. The summed E-state index contributed by atoms with van der Waals surface area (Å²) in [6.45, 7) is 4.14. The Morgan fingerprint density at radius 1 is 1.70 bits per heavy atom. The van der Waals surface area contributed by atoms with Crippen molar-refractivity contribution in [3.63, 3.8) is 0 Å². The number of carbonyl (C=O) groups is 1.